The molecule has 1 aromatic carbocycles. The van der Waals surface area contributed by atoms with Gasteiger partial charge < -0.3 is 14.2 Å². The third-order valence-electron chi connectivity index (χ3n) is 8.31. The number of rotatable bonds is 1. The minimum atomic E-state index is -0.516. The predicted molar refractivity (Wildman–Crippen MR) is 119 cm³/mol. The lowest BCUT2D eigenvalue weighted by Gasteiger charge is -2.41. The summed E-state index contributed by atoms with van der Waals surface area (Å²) in [6.07, 6.45) is 7.84. The fourth-order valence-corrected chi connectivity index (χ4v) is 6.78. The first kappa shape index (κ1) is 21.1. The Kier molecular flexibility index (Phi) is 5.23. The van der Waals surface area contributed by atoms with Crippen molar-refractivity contribution in [1.29, 1.82) is 0 Å². The molecule has 4 atom stereocenters. The minimum absolute atomic E-state index is 0. The number of Topliss-reactive ketones (excluding diaryl/α,β-unsaturated/α-hetero) is 1. The van der Waals surface area contributed by atoms with E-state index in [1.807, 2.05) is 0 Å². The molecular weight excluding hydrogens is 388 g/mol. The molecule has 1 saturated carbocycles. The van der Waals surface area contributed by atoms with E-state index in [-0.39, 0.29) is 18.9 Å². The van der Waals surface area contributed by atoms with Crippen molar-refractivity contribution in [3.63, 3.8) is 0 Å². The van der Waals surface area contributed by atoms with Crippen LogP contribution < -0.4 is 0 Å². The van der Waals surface area contributed by atoms with Gasteiger partial charge in [-0.05, 0) is 65.9 Å². The number of ketones is 1. The molecule has 5 aliphatic rings. The van der Waals surface area contributed by atoms with Gasteiger partial charge in [-0.3, -0.25) is 4.79 Å². The van der Waals surface area contributed by atoms with Gasteiger partial charge in [0.2, 0.25) is 0 Å². The molecule has 0 bridgehead atoms. The summed E-state index contributed by atoms with van der Waals surface area (Å²) in [5, 5.41) is 0. The highest BCUT2D eigenvalue weighted by molar-refractivity contribution is 5.87. The first-order chi connectivity index (χ1) is 14.6. The zero-order chi connectivity index (χ0) is 20.3. The molecule has 31 heavy (non-hydrogen) atoms. The van der Waals surface area contributed by atoms with E-state index in [4.69, 9.17) is 14.2 Å². The van der Waals surface area contributed by atoms with Crippen molar-refractivity contribution < 1.29 is 19.0 Å². The molecular formula is C27H34O4. The molecule has 0 amide bonds. The quantitative estimate of drug-likeness (QED) is 0.595. The van der Waals surface area contributed by atoms with E-state index in [1.165, 1.54) is 22.3 Å². The van der Waals surface area contributed by atoms with Crippen LogP contribution in [0.2, 0.25) is 0 Å². The average molecular weight is 423 g/mol. The van der Waals surface area contributed by atoms with Crippen molar-refractivity contribution in [3.05, 3.63) is 58.7 Å². The second kappa shape index (κ2) is 7.68. The summed E-state index contributed by atoms with van der Waals surface area (Å²) in [5.74, 6) is 0.679. The molecule has 0 aromatic heterocycles. The number of carbonyl (C=O) groups excluding carboxylic acids is 1. The molecule has 2 aliphatic heterocycles. The van der Waals surface area contributed by atoms with Gasteiger partial charge in [0.15, 0.2) is 5.79 Å². The fraction of sp³-hybridized carbons (Fsp3) is 0.593. The molecule has 4 nitrogen and oxygen atoms in total. The molecule has 1 spiro atoms. The third-order valence-corrected chi connectivity index (χ3v) is 8.31. The van der Waals surface area contributed by atoms with Crippen LogP contribution in [0.25, 0.3) is 0 Å². The molecule has 3 unspecified atom stereocenters. The second-order valence-electron chi connectivity index (χ2n) is 9.84. The second-order valence-corrected chi connectivity index (χ2v) is 9.84. The summed E-state index contributed by atoms with van der Waals surface area (Å²) in [7, 11) is 0. The molecule has 4 heteroatoms. The van der Waals surface area contributed by atoms with Gasteiger partial charge in [-0.25, -0.2) is 0 Å². The van der Waals surface area contributed by atoms with Crippen LogP contribution >= 0.6 is 0 Å². The molecule has 3 aliphatic carbocycles. The standard InChI is InChI=1S/C26H30O4.CH4/c1-25-16-28-24(17-5-3-2-4-6-17)23-19-11-12-26(29-13-14-30-26)15-18(19)7-8-20(23)21(25)9-10-22(25)27;/h2-6,15,20-21,24H,7-14,16H2,1H3;1H4/t20?,21?,24?,25-;/m0./s1. The summed E-state index contributed by atoms with van der Waals surface area (Å²) in [4.78, 5) is 12.9. The first-order valence-corrected chi connectivity index (χ1v) is 11.5. The van der Waals surface area contributed by atoms with E-state index >= 15 is 0 Å². The number of allylic oxidation sites excluding steroid dienone is 2. The van der Waals surface area contributed by atoms with Crippen molar-refractivity contribution in [3.8, 4) is 0 Å². The minimum Gasteiger partial charge on any atom is -0.368 e. The summed E-state index contributed by atoms with van der Waals surface area (Å²) in [6, 6.07) is 10.6. The molecule has 0 N–H and O–H groups in total. The molecule has 2 saturated heterocycles. The Morgan fingerprint density at radius 2 is 1.77 bits per heavy atom. The van der Waals surface area contributed by atoms with Crippen molar-refractivity contribution >= 4 is 5.78 Å². The number of fused-ring (bicyclic) bond motifs is 4. The molecule has 3 fully saturated rings. The van der Waals surface area contributed by atoms with E-state index in [2.05, 4.69) is 43.3 Å². The predicted octanol–water partition coefficient (Wildman–Crippen LogP) is 5.55. The smallest absolute Gasteiger partial charge is 0.188 e. The van der Waals surface area contributed by atoms with Gasteiger partial charge in [-0.1, -0.05) is 44.7 Å². The van der Waals surface area contributed by atoms with Crippen LogP contribution in [-0.4, -0.2) is 31.4 Å². The van der Waals surface area contributed by atoms with Crippen LogP contribution in [0.5, 0.6) is 0 Å². The lowest BCUT2D eigenvalue weighted by molar-refractivity contribution is -0.130. The Balaban J connectivity index is 0.00000204. The fourth-order valence-electron chi connectivity index (χ4n) is 6.78. The van der Waals surface area contributed by atoms with Crippen molar-refractivity contribution in [1.82, 2.24) is 0 Å². The van der Waals surface area contributed by atoms with Gasteiger partial charge in [0.05, 0.1) is 25.2 Å². The number of carbonyl (C=O) groups is 1. The van der Waals surface area contributed by atoms with E-state index < -0.39 is 5.79 Å². The van der Waals surface area contributed by atoms with Crippen molar-refractivity contribution in [2.24, 2.45) is 17.3 Å². The zero-order valence-electron chi connectivity index (χ0n) is 17.7. The van der Waals surface area contributed by atoms with E-state index in [1.54, 1.807) is 0 Å². The highest BCUT2D eigenvalue weighted by atomic mass is 16.7. The van der Waals surface area contributed by atoms with Gasteiger partial charge in [0, 0.05) is 12.8 Å². The average Bonchev–Trinajstić information content (AvgIpc) is 3.30. The van der Waals surface area contributed by atoms with E-state index in [9.17, 15) is 4.79 Å². The number of hydrogen-bond donors (Lipinski definition) is 0. The van der Waals surface area contributed by atoms with Crippen molar-refractivity contribution in [2.75, 3.05) is 19.8 Å². The number of ether oxygens (including phenoxy) is 3. The van der Waals surface area contributed by atoms with Gasteiger partial charge in [0.1, 0.15) is 11.9 Å². The molecule has 1 aromatic rings. The maximum Gasteiger partial charge on any atom is 0.188 e. The maximum atomic E-state index is 12.9. The van der Waals surface area contributed by atoms with Crippen molar-refractivity contribution in [2.45, 2.75) is 64.8 Å². The SMILES string of the molecule is C.C[C@]12COC(c3ccccc3)C3=C4CCC5(C=C4CCC3C1CCC2=O)OCCO5. The van der Waals surface area contributed by atoms with Gasteiger partial charge in [0.25, 0.3) is 0 Å². The molecule has 2 heterocycles. The van der Waals surface area contributed by atoms with Gasteiger partial charge >= 0.3 is 0 Å². The summed E-state index contributed by atoms with van der Waals surface area (Å²) in [6.45, 7) is 4.04. The summed E-state index contributed by atoms with van der Waals surface area (Å²) < 4.78 is 18.7. The van der Waals surface area contributed by atoms with Crippen LogP contribution in [0.4, 0.5) is 0 Å². The monoisotopic (exact) mass is 422 g/mol. The Labute approximate surface area is 185 Å². The zero-order valence-corrected chi connectivity index (χ0v) is 17.7. The van der Waals surface area contributed by atoms with Gasteiger partial charge in [-0.2, -0.15) is 0 Å². The molecule has 6 rings (SSSR count). The summed E-state index contributed by atoms with van der Waals surface area (Å²) >= 11 is 0. The Morgan fingerprint density at radius 3 is 2.55 bits per heavy atom. The van der Waals surface area contributed by atoms with Crippen LogP contribution in [0.3, 0.4) is 0 Å². The van der Waals surface area contributed by atoms with Crippen LogP contribution in [-0.2, 0) is 19.0 Å². The van der Waals surface area contributed by atoms with Crippen LogP contribution in [0.1, 0.15) is 64.5 Å². The number of benzene rings is 1. The Morgan fingerprint density at radius 1 is 1.00 bits per heavy atom. The highest BCUT2D eigenvalue weighted by Crippen LogP contribution is 2.58. The molecule has 0 radical (unpaired) electrons. The summed E-state index contributed by atoms with van der Waals surface area (Å²) in [5.41, 5.74) is 5.13. The Bertz CT molecular complexity index is 924. The largest absolute Gasteiger partial charge is 0.368 e. The highest BCUT2D eigenvalue weighted by Gasteiger charge is 2.55. The Hall–Kier alpha value is -1.75. The number of hydrogen-bond acceptors (Lipinski definition) is 4. The van der Waals surface area contributed by atoms with Crippen LogP contribution in [0.15, 0.2) is 53.1 Å². The van der Waals surface area contributed by atoms with Crippen LogP contribution in [0, 0.1) is 17.3 Å². The lowest BCUT2D eigenvalue weighted by atomic mass is 9.63. The third kappa shape index (κ3) is 3.18. The van der Waals surface area contributed by atoms with E-state index in [0.29, 0.717) is 43.9 Å². The van der Waals surface area contributed by atoms with Gasteiger partial charge in [-0.15, -0.1) is 0 Å². The topological polar surface area (TPSA) is 44.8 Å². The maximum absolute atomic E-state index is 12.9. The lowest BCUT2D eigenvalue weighted by Crippen LogP contribution is -2.37. The first-order valence-electron chi connectivity index (χ1n) is 11.5. The van der Waals surface area contributed by atoms with E-state index in [0.717, 1.165) is 32.1 Å². The normalized spacial score (nSPS) is 36.2. The molecule has 166 valence electrons.